The first-order valence-electron chi connectivity index (χ1n) is 11.2. The highest BCUT2D eigenvalue weighted by molar-refractivity contribution is 5.77. The Morgan fingerprint density at radius 3 is 1.84 bits per heavy atom. The number of rotatable bonds is 4. The van der Waals surface area contributed by atoms with Gasteiger partial charge in [-0.05, 0) is 53.3 Å². The van der Waals surface area contributed by atoms with E-state index in [-0.39, 0.29) is 11.3 Å². The molecule has 0 unspecified atom stereocenters. The molecule has 0 amide bonds. The Balaban J connectivity index is 1.77. The number of benzene rings is 4. The van der Waals surface area contributed by atoms with E-state index >= 15 is 0 Å². The van der Waals surface area contributed by atoms with Crippen molar-refractivity contribution in [2.45, 2.75) is 24.7 Å². The Bertz CT molecular complexity index is 1290. The van der Waals surface area contributed by atoms with Crippen LogP contribution in [0.15, 0.2) is 84.9 Å². The highest BCUT2D eigenvalue weighted by Gasteiger charge is 2.54. The molecule has 2 nitrogen and oxygen atoms in total. The third-order valence-electron chi connectivity index (χ3n) is 7.38. The zero-order valence-electron chi connectivity index (χ0n) is 18.7. The normalized spacial score (nSPS) is 19.7. The van der Waals surface area contributed by atoms with Gasteiger partial charge in [-0.25, -0.2) is 0 Å². The van der Waals surface area contributed by atoms with Crippen LogP contribution in [0.3, 0.4) is 0 Å². The SMILES string of the molecule is COc1ccc(OC)c2c1C1c3ccccc3C2(Cc2ccc(C)cc2)c2ccccc21. The highest BCUT2D eigenvalue weighted by atomic mass is 16.5. The molecule has 0 aromatic heterocycles. The van der Waals surface area contributed by atoms with Gasteiger partial charge in [0, 0.05) is 17.0 Å². The Morgan fingerprint density at radius 1 is 0.688 bits per heavy atom. The number of methoxy groups -OCH3 is 2. The van der Waals surface area contributed by atoms with Crippen molar-refractivity contribution < 1.29 is 9.47 Å². The molecule has 0 radical (unpaired) electrons. The van der Waals surface area contributed by atoms with Crippen molar-refractivity contribution in [1.82, 2.24) is 0 Å². The van der Waals surface area contributed by atoms with Crippen LogP contribution in [0.4, 0.5) is 0 Å². The first-order valence-corrected chi connectivity index (χ1v) is 11.2. The third kappa shape index (κ3) is 2.41. The van der Waals surface area contributed by atoms with Crippen LogP contribution in [0.2, 0.25) is 0 Å². The molecule has 0 spiro atoms. The summed E-state index contributed by atoms with van der Waals surface area (Å²) in [7, 11) is 3.55. The van der Waals surface area contributed by atoms with Crippen molar-refractivity contribution in [1.29, 1.82) is 0 Å². The fourth-order valence-electron chi connectivity index (χ4n) is 6.11. The Morgan fingerprint density at radius 2 is 1.25 bits per heavy atom. The van der Waals surface area contributed by atoms with Gasteiger partial charge in [0.25, 0.3) is 0 Å². The largest absolute Gasteiger partial charge is 0.496 e. The first kappa shape index (κ1) is 19.2. The molecule has 0 aliphatic heterocycles. The van der Waals surface area contributed by atoms with Gasteiger partial charge in [0.15, 0.2) is 0 Å². The van der Waals surface area contributed by atoms with Gasteiger partial charge in [0.05, 0.1) is 19.6 Å². The quantitative estimate of drug-likeness (QED) is 0.382. The molecule has 2 heteroatoms. The predicted molar refractivity (Wildman–Crippen MR) is 128 cm³/mol. The summed E-state index contributed by atoms with van der Waals surface area (Å²) in [6.45, 7) is 2.14. The summed E-state index contributed by atoms with van der Waals surface area (Å²) in [5.41, 5.74) is 10.3. The highest BCUT2D eigenvalue weighted by Crippen LogP contribution is 2.63. The molecule has 0 saturated carbocycles. The molecular weight excluding hydrogens is 392 g/mol. The maximum absolute atomic E-state index is 6.02. The molecule has 3 aliphatic carbocycles. The van der Waals surface area contributed by atoms with Gasteiger partial charge in [-0.1, -0.05) is 78.4 Å². The van der Waals surface area contributed by atoms with E-state index in [9.17, 15) is 0 Å². The Kier molecular flexibility index (Phi) is 4.19. The summed E-state index contributed by atoms with van der Waals surface area (Å²) in [5, 5.41) is 0. The van der Waals surface area contributed by atoms with Gasteiger partial charge in [0.2, 0.25) is 0 Å². The molecule has 2 bridgehead atoms. The van der Waals surface area contributed by atoms with Crippen molar-refractivity contribution >= 4 is 0 Å². The molecular formula is C30H26O2. The fourth-order valence-corrected chi connectivity index (χ4v) is 6.11. The fraction of sp³-hybridized carbons (Fsp3) is 0.200. The van der Waals surface area contributed by atoms with Crippen molar-refractivity contribution in [3.05, 3.63) is 129 Å². The summed E-state index contributed by atoms with van der Waals surface area (Å²) < 4.78 is 12.0. The van der Waals surface area contributed by atoms with Gasteiger partial charge in [-0.3, -0.25) is 0 Å². The van der Waals surface area contributed by atoms with Crippen LogP contribution >= 0.6 is 0 Å². The van der Waals surface area contributed by atoms with Crippen molar-refractivity contribution in [3.63, 3.8) is 0 Å². The van der Waals surface area contributed by atoms with Gasteiger partial charge in [-0.15, -0.1) is 0 Å². The zero-order valence-corrected chi connectivity index (χ0v) is 18.7. The van der Waals surface area contributed by atoms with Crippen LogP contribution in [0.5, 0.6) is 11.5 Å². The van der Waals surface area contributed by atoms with Crippen LogP contribution in [0.25, 0.3) is 0 Å². The van der Waals surface area contributed by atoms with E-state index in [1.165, 1.54) is 44.5 Å². The molecule has 0 heterocycles. The molecule has 32 heavy (non-hydrogen) atoms. The standard InChI is InChI=1S/C30H26O2/c1-19-12-14-20(15-13-19)18-30-23-10-6-4-8-21(23)27(22-9-5-7-11-24(22)30)28-25(31-2)16-17-26(32-3)29(28)30/h4-17,27H,18H2,1-3H3. The maximum atomic E-state index is 6.02. The second kappa shape index (κ2) is 7.00. The third-order valence-corrected chi connectivity index (χ3v) is 7.38. The summed E-state index contributed by atoms with van der Waals surface area (Å²) in [4.78, 5) is 0. The predicted octanol–water partition coefficient (Wildman–Crippen LogP) is 6.40. The van der Waals surface area contributed by atoms with Crippen LogP contribution in [-0.4, -0.2) is 14.2 Å². The Hall–Kier alpha value is -3.52. The smallest absolute Gasteiger partial charge is 0.123 e. The number of ether oxygens (including phenoxy) is 2. The average Bonchev–Trinajstić information content (AvgIpc) is 2.85. The minimum atomic E-state index is -0.341. The summed E-state index contributed by atoms with van der Waals surface area (Å²) in [5.74, 6) is 2.01. The minimum absolute atomic E-state index is 0.141. The topological polar surface area (TPSA) is 18.5 Å². The molecule has 3 aliphatic rings. The van der Waals surface area contributed by atoms with E-state index in [0.717, 1.165) is 17.9 Å². The summed E-state index contributed by atoms with van der Waals surface area (Å²) in [6, 6.07) is 31.0. The van der Waals surface area contributed by atoms with Crippen molar-refractivity contribution in [2.24, 2.45) is 0 Å². The molecule has 4 aromatic carbocycles. The molecule has 0 fully saturated rings. The second-order valence-corrected chi connectivity index (χ2v) is 8.93. The van der Waals surface area contributed by atoms with E-state index in [4.69, 9.17) is 9.47 Å². The number of aryl methyl sites for hydroxylation is 1. The summed E-state index contributed by atoms with van der Waals surface area (Å²) >= 11 is 0. The van der Waals surface area contributed by atoms with Crippen molar-refractivity contribution in [2.75, 3.05) is 14.2 Å². The van der Waals surface area contributed by atoms with Gasteiger partial charge >= 0.3 is 0 Å². The van der Waals surface area contributed by atoms with E-state index in [1.54, 1.807) is 14.2 Å². The lowest BCUT2D eigenvalue weighted by Gasteiger charge is -2.51. The van der Waals surface area contributed by atoms with E-state index in [1.807, 2.05) is 0 Å². The summed E-state index contributed by atoms with van der Waals surface area (Å²) in [6.07, 6.45) is 0.866. The molecule has 0 saturated heterocycles. The van der Waals surface area contributed by atoms with E-state index in [2.05, 4.69) is 91.9 Å². The van der Waals surface area contributed by atoms with Crippen LogP contribution in [0.1, 0.15) is 50.4 Å². The lowest BCUT2D eigenvalue weighted by Crippen LogP contribution is -2.44. The zero-order chi connectivity index (χ0) is 21.9. The van der Waals surface area contributed by atoms with Crippen LogP contribution in [0, 0.1) is 6.92 Å². The monoisotopic (exact) mass is 418 g/mol. The van der Waals surface area contributed by atoms with E-state index in [0.29, 0.717) is 0 Å². The van der Waals surface area contributed by atoms with Gasteiger partial charge in [0.1, 0.15) is 11.5 Å². The molecule has 7 rings (SSSR count). The maximum Gasteiger partial charge on any atom is 0.123 e. The number of hydrogen-bond acceptors (Lipinski definition) is 2. The average molecular weight is 419 g/mol. The molecule has 158 valence electrons. The second-order valence-electron chi connectivity index (χ2n) is 8.93. The minimum Gasteiger partial charge on any atom is -0.496 e. The molecule has 0 atom stereocenters. The van der Waals surface area contributed by atoms with Crippen LogP contribution < -0.4 is 9.47 Å². The van der Waals surface area contributed by atoms with E-state index < -0.39 is 0 Å². The van der Waals surface area contributed by atoms with Crippen LogP contribution in [-0.2, 0) is 11.8 Å². The van der Waals surface area contributed by atoms with Crippen molar-refractivity contribution in [3.8, 4) is 11.5 Å². The lowest BCUT2D eigenvalue weighted by molar-refractivity contribution is 0.376. The van der Waals surface area contributed by atoms with Gasteiger partial charge in [-0.2, -0.15) is 0 Å². The Labute approximate surface area is 189 Å². The molecule has 0 N–H and O–H groups in total. The number of hydrogen-bond donors (Lipinski definition) is 0. The van der Waals surface area contributed by atoms with Gasteiger partial charge < -0.3 is 9.47 Å². The molecule has 4 aromatic rings. The first-order chi connectivity index (χ1) is 15.7. The lowest BCUT2D eigenvalue weighted by atomic mass is 9.51.